The third-order valence-electron chi connectivity index (χ3n) is 1.19. The summed E-state index contributed by atoms with van der Waals surface area (Å²) in [5, 5.41) is 8.14. The van der Waals surface area contributed by atoms with E-state index < -0.39 is 20.3 Å². The number of sulfone groups is 1. The molecule has 0 aliphatic carbocycles. The molecule has 0 aliphatic rings. The van der Waals surface area contributed by atoms with Crippen molar-refractivity contribution in [2.75, 3.05) is 5.75 Å². The van der Waals surface area contributed by atoms with E-state index in [-0.39, 0.29) is 0 Å². The first kappa shape index (κ1) is 9.44. The van der Waals surface area contributed by atoms with Crippen molar-refractivity contribution in [3.8, 4) is 6.07 Å². The second-order valence-corrected chi connectivity index (χ2v) is 5.77. The Labute approximate surface area is 61.6 Å². The molecule has 0 aromatic heterocycles. The average Bonchev–Trinajstić information content (AvgIpc) is 1.61. The molecular weight excluding hydrogens is 150 g/mol. The van der Waals surface area contributed by atoms with Gasteiger partial charge in [-0.15, -0.1) is 0 Å². The second-order valence-electron chi connectivity index (χ2n) is 3.03. The summed E-state index contributed by atoms with van der Waals surface area (Å²) in [5.74, 6) is -0.392. The van der Waals surface area contributed by atoms with Gasteiger partial charge >= 0.3 is 0 Å². The van der Waals surface area contributed by atoms with Crippen molar-refractivity contribution in [1.29, 1.82) is 5.26 Å². The molecule has 0 N–H and O–H groups in total. The fraction of sp³-hybridized carbons (Fsp3) is 0.833. The highest BCUT2D eigenvalue weighted by Gasteiger charge is 2.28. The van der Waals surface area contributed by atoms with Crippen LogP contribution >= 0.6 is 0 Å². The fourth-order valence-electron chi connectivity index (χ4n) is 0.301. The Morgan fingerprint density at radius 3 is 1.90 bits per heavy atom. The molecule has 0 radical (unpaired) electrons. The Morgan fingerprint density at radius 1 is 1.40 bits per heavy atom. The molecule has 0 spiro atoms. The number of nitrogens with zero attached hydrogens (tertiary/aromatic N) is 1. The van der Waals surface area contributed by atoms with Crippen LogP contribution in [0.15, 0.2) is 0 Å². The van der Waals surface area contributed by atoms with Gasteiger partial charge in [0.1, 0.15) is 5.75 Å². The molecule has 0 aromatic carbocycles. The number of hydrogen-bond acceptors (Lipinski definition) is 3. The first-order valence-corrected chi connectivity index (χ1v) is 4.56. The summed E-state index contributed by atoms with van der Waals surface area (Å²) in [6.45, 7) is 4.75. The number of hydrogen-bond donors (Lipinski definition) is 0. The summed E-state index contributed by atoms with van der Waals surface area (Å²) in [5.41, 5.74) is 0. The van der Waals surface area contributed by atoms with E-state index >= 15 is 0 Å². The zero-order valence-electron chi connectivity index (χ0n) is 6.38. The zero-order chi connectivity index (χ0) is 8.41. The van der Waals surface area contributed by atoms with Gasteiger partial charge in [-0.1, -0.05) is 0 Å². The highest BCUT2D eigenvalue weighted by Crippen LogP contribution is 2.14. The Morgan fingerprint density at radius 2 is 1.80 bits per heavy atom. The van der Waals surface area contributed by atoms with E-state index in [2.05, 4.69) is 0 Å². The van der Waals surface area contributed by atoms with Gasteiger partial charge in [0.2, 0.25) is 0 Å². The normalized spacial score (nSPS) is 12.6. The van der Waals surface area contributed by atoms with Crippen molar-refractivity contribution in [3.63, 3.8) is 0 Å². The molecule has 3 nitrogen and oxygen atoms in total. The standard InChI is InChI=1S/C6H11NO2S/c1-6(2,3)10(8,9)5-4-7/h5H2,1-3H3. The molecule has 0 unspecified atom stereocenters. The van der Waals surface area contributed by atoms with Gasteiger partial charge in [0.25, 0.3) is 0 Å². The largest absolute Gasteiger partial charge is 0.227 e. The Balaban J connectivity index is 4.65. The molecule has 0 rings (SSSR count). The van der Waals surface area contributed by atoms with Gasteiger partial charge in [-0.2, -0.15) is 5.26 Å². The third-order valence-corrected chi connectivity index (χ3v) is 3.56. The monoisotopic (exact) mass is 161 g/mol. The minimum absolute atomic E-state index is 0.392. The van der Waals surface area contributed by atoms with Crippen LogP contribution in [-0.2, 0) is 9.84 Å². The molecule has 0 fully saturated rings. The summed E-state index contributed by atoms with van der Waals surface area (Å²) < 4.78 is 21.3. The minimum Gasteiger partial charge on any atom is -0.227 e. The van der Waals surface area contributed by atoms with Gasteiger partial charge in [-0.25, -0.2) is 8.42 Å². The maximum Gasteiger partial charge on any atom is 0.168 e. The molecule has 4 heteroatoms. The van der Waals surface area contributed by atoms with E-state index in [1.165, 1.54) is 0 Å². The van der Waals surface area contributed by atoms with Crippen LogP contribution in [0.5, 0.6) is 0 Å². The third kappa shape index (κ3) is 1.99. The lowest BCUT2D eigenvalue weighted by Gasteiger charge is -2.15. The summed E-state index contributed by atoms with van der Waals surface area (Å²) in [6, 6.07) is 1.63. The smallest absolute Gasteiger partial charge is 0.168 e. The lowest BCUT2D eigenvalue weighted by Crippen LogP contribution is -2.29. The fourth-order valence-corrected chi connectivity index (χ4v) is 0.904. The predicted octanol–water partition coefficient (Wildman–Crippen LogP) is 0.723. The van der Waals surface area contributed by atoms with Crippen LogP contribution in [0.25, 0.3) is 0 Å². The van der Waals surface area contributed by atoms with Crippen LogP contribution in [0.3, 0.4) is 0 Å². The van der Waals surface area contributed by atoms with Crippen LogP contribution in [0.2, 0.25) is 0 Å². The van der Waals surface area contributed by atoms with Crippen LogP contribution in [0.4, 0.5) is 0 Å². The van der Waals surface area contributed by atoms with Gasteiger partial charge in [-0.3, -0.25) is 0 Å². The minimum atomic E-state index is -3.21. The average molecular weight is 161 g/mol. The first-order valence-electron chi connectivity index (χ1n) is 2.90. The van der Waals surface area contributed by atoms with E-state index in [1.54, 1.807) is 26.8 Å². The molecule has 10 heavy (non-hydrogen) atoms. The molecule has 0 amide bonds. The molecular formula is C6H11NO2S. The van der Waals surface area contributed by atoms with Crippen molar-refractivity contribution >= 4 is 9.84 Å². The van der Waals surface area contributed by atoms with Crippen molar-refractivity contribution in [1.82, 2.24) is 0 Å². The Hall–Kier alpha value is -0.560. The molecule has 0 saturated carbocycles. The van der Waals surface area contributed by atoms with Gasteiger partial charge in [0.05, 0.1) is 10.8 Å². The quantitative estimate of drug-likeness (QED) is 0.569. The van der Waals surface area contributed by atoms with Crippen molar-refractivity contribution in [2.24, 2.45) is 0 Å². The maximum atomic E-state index is 11.0. The van der Waals surface area contributed by atoms with Gasteiger partial charge in [0.15, 0.2) is 9.84 Å². The Kier molecular flexibility index (Phi) is 2.44. The van der Waals surface area contributed by atoms with E-state index in [1.807, 2.05) is 0 Å². The second kappa shape index (κ2) is 2.59. The summed E-state index contributed by atoms with van der Waals surface area (Å²) in [6.07, 6.45) is 0. The van der Waals surface area contributed by atoms with E-state index in [0.717, 1.165) is 0 Å². The molecule has 0 saturated heterocycles. The van der Waals surface area contributed by atoms with Crippen LogP contribution in [0, 0.1) is 11.3 Å². The maximum absolute atomic E-state index is 11.0. The predicted molar refractivity (Wildman–Crippen MR) is 39.2 cm³/mol. The highest BCUT2D eigenvalue weighted by molar-refractivity contribution is 7.92. The van der Waals surface area contributed by atoms with Gasteiger partial charge < -0.3 is 0 Å². The van der Waals surface area contributed by atoms with E-state index in [0.29, 0.717) is 0 Å². The first-order chi connectivity index (χ1) is 4.31. The number of rotatable bonds is 1. The van der Waals surface area contributed by atoms with Crippen LogP contribution in [-0.4, -0.2) is 18.9 Å². The summed E-state index contributed by atoms with van der Waals surface area (Å²) >= 11 is 0. The Bertz CT molecular complexity index is 240. The highest BCUT2D eigenvalue weighted by atomic mass is 32.2. The van der Waals surface area contributed by atoms with Crippen LogP contribution < -0.4 is 0 Å². The lowest BCUT2D eigenvalue weighted by atomic mass is 10.3. The van der Waals surface area contributed by atoms with Crippen LogP contribution in [0.1, 0.15) is 20.8 Å². The van der Waals surface area contributed by atoms with E-state index in [4.69, 9.17) is 5.26 Å². The van der Waals surface area contributed by atoms with Gasteiger partial charge in [-0.05, 0) is 20.8 Å². The summed E-state index contributed by atoms with van der Waals surface area (Å²) in [4.78, 5) is 0. The molecule has 0 bridgehead atoms. The van der Waals surface area contributed by atoms with Crippen molar-refractivity contribution < 1.29 is 8.42 Å². The van der Waals surface area contributed by atoms with Crippen molar-refractivity contribution in [3.05, 3.63) is 0 Å². The molecule has 58 valence electrons. The van der Waals surface area contributed by atoms with E-state index in [9.17, 15) is 8.42 Å². The number of nitriles is 1. The van der Waals surface area contributed by atoms with Crippen molar-refractivity contribution in [2.45, 2.75) is 25.5 Å². The zero-order valence-corrected chi connectivity index (χ0v) is 7.20. The van der Waals surface area contributed by atoms with Gasteiger partial charge in [0, 0.05) is 0 Å². The lowest BCUT2D eigenvalue weighted by molar-refractivity contribution is 0.564. The summed E-state index contributed by atoms with van der Waals surface area (Å²) in [7, 11) is -3.21. The molecule has 0 aromatic rings. The topological polar surface area (TPSA) is 57.9 Å². The molecule has 0 heterocycles. The SMILES string of the molecule is CC(C)(C)S(=O)(=O)CC#N. The molecule has 0 atom stereocenters. The molecule has 0 aliphatic heterocycles.